The molecule has 0 aliphatic carbocycles. The van der Waals surface area contributed by atoms with Crippen LogP contribution in [0.4, 0.5) is 0 Å². The first-order chi connectivity index (χ1) is 9.00. The molecule has 0 bridgehead atoms. The second kappa shape index (κ2) is 7.48. The Kier molecular flexibility index (Phi) is 5.95. The number of rotatable bonds is 7. The highest BCUT2D eigenvalue weighted by Gasteiger charge is 2.18. The Bertz CT molecular complexity index is 422. The largest absolute Gasteiger partial charge is 0.481 e. The lowest BCUT2D eigenvalue weighted by Gasteiger charge is -2.20. The van der Waals surface area contributed by atoms with Crippen LogP contribution in [0.25, 0.3) is 0 Å². The first kappa shape index (κ1) is 15.1. The topological polar surface area (TPSA) is 96.5 Å². The fourth-order valence-electron chi connectivity index (χ4n) is 1.62. The van der Waals surface area contributed by atoms with Gasteiger partial charge in [0.05, 0.1) is 6.04 Å². The van der Waals surface area contributed by atoms with E-state index in [0.29, 0.717) is 13.0 Å². The summed E-state index contributed by atoms with van der Waals surface area (Å²) < 4.78 is 0. The van der Waals surface area contributed by atoms with Gasteiger partial charge in [0.15, 0.2) is 0 Å². The van der Waals surface area contributed by atoms with E-state index in [2.05, 4.69) is 4.98 Å². The first-order valence-electron chi connectivity index (χ1n) is 6.13. The Morgan fingerprint density at radius 1 is 1.47 bits per heavy atom. The van der Waals surface area contributed by atoms with Crippen molar-refractivity contribution in [1.82, 2.24) is 9.88 Å². The molecule has 0 spiro atoms. The zero-order chi connectivity index (χ0) is 14.3. The molecule has 6 heteroatoms. The van der Waals surface area contributed by atoms with Crippen molar-refractivity contribution in [3.63, 3.8) is 0 Å². The quantitative estimate of drug-likeness (QED) is 0.738. The van der Waals surface area contributed by atoms with Crippen molar-refractivity contribution in [2.75, 3.05) is 13.6 Å². The van der Waals surface area contributed by atoms with E-state index < -0.39 is 12.0 Å². The summed E-state index contributed by atoms with van der Waals surface area (Å²) in [6.07, 6.45) is 2.41. The van der Waals surface area contributed by atoms with Crippen LogP contribution >= 0.6 is 0 Å². The number of carboxylic acids is 1. The molecule has 1 aromatic heterocycles. The predicted octanol–water partition coefficient (Wildman–Crippen LogP) is 0.275. The van der Waals surface area contributed by atoms with Gasteiger partial charge in [0.1, 0.15) is 0 Å². The second-order valence-corrected chi connectivity index (χ2v) is 4.37. The molecule has 1 amide bonds. The van der Waals surface area contributed by atoms with Crippen LogP contribution in [0.2, 0.25) is 0 Å². The SMILES string of the molecule is CN(CCc1ccccn1)C(=O)C(N)CCC(=O)O. The molecule has 1 unspecified atom stereocenters. The third-order valence-electron chi connectivity index (χ3n) is 2.79. The van der Waals surface area contributed by atoms with Gasteiger partial charge in [-0.15, -0.1) is 0 Å². The number of hydrogen-bond donors (Lipinski definition) is 2. The lowest BCUT2D eigenvalue weighted by Crippen LogP contribution is -2.42. The Balaban J connectivity index is 2.38. The van der Waals surface area contributed by atoms with E-state index in [9.17, 15) is 9.59 Å². The molecule has 1 aromatic rings. The molecular formula is C13H19N3O3. The number of aliphatic carboxylic acids is 1. The number of nitrogens with two attached hydrogens (primary N) is 1. The number of nitrogens with zero attached hydrogens (tertiary/aromatic N) is 2. The van der Waals surface area contributed by atoms with Crippen molar-refractivity contribution in [2.24, 2.45) is 5.73 Å². The lowest BCUT2D eigenvalue weighted by atomic mass is 10.1. The molecule has 0 saturated carbocycles. The van der Waals surface area contributed by atoms with Crippen LogP contribution in [-0.4, -0.2) is 46.5 Å². The van der Waals surface area contributed by atoms with Crippen molar-refractivity contribution < 1.29 is 14.7 Å². The van der Waals surface area contributed by atoms with Crippen molar-refractivity contribution in [1.29, 1.82) is 0 Å². The van der Waals surface area contributed by atoms with E-state index in [1.807, 2.05) is 18.2 Å². The summed E-state index contributed by atoms with van der Waals surface area (Å²) in [6.45, 7) is 0.511. The maximum absolute atomic E-state index is 11.9. The Hall–Kier alpha value is -1.95. The van der Waals surface area contributed by atoms with Crippen LogP contribution < -0.4 is 5.73 Å². The molecule has 6 nitrogen and oxygen atoms in total. The van der Waals surface area contributed by atoms with Crippen molar-refractivity contribution in [2.45, 2.75) is 25.3 Å². The van der Waals surface area contributed by atoms with E-state index in [1.165, 1.54) is 4.90 Å². The van der Waals surface area contributed by atoms with Gasteiger partial charge in [-0.05, 0) is 18.6 Å². The van der Waals surface area contributed by atoms with Crippen LogP contribution in [0.15, 0.2) is 24.4 Å². The van der Waals surface area contributed by atoms with Crippen molar-refractivity contribution in [3.8, 4) is 0 Å². The number of pyridine rings is 1. The molecule has 1 atom stereocenters. The minimum atomic E-state index is -0.945. The summed E-state index contributed by atoms with van der Waals surface area (Å²) in [6, 6.07) is 4.86. The number of aromatic nitrogens is 1. The van der Waals surface area contributed by atoms with E-state index >= 15 is 0 Å². The first-order valence-corrected chi connectivity index (χ1v) is 6.13. The van der Waals surface area contributed by atoms with Crippen LogP contribution in [0, 0.1) is 0 Å². The maximum atomic E-state index is 11.9. The minimum Gasteiger partial charge on any atom is -0.481 e. The molecule has 19 heavy (non-hydrogen) atoms. The summed E-state index contributed by atoms with van der Waals surface area (Å²) in [4.78, 5) is 28.0. The molecule has 0 radical (unpaired) electrons. The zero-order valence-electron chi connectivity index (χ0n) is 11.0. The highest BCUT2D eigenvalue weighted by molar-refractivity contribution is 5.82. The van der Waals surface area contributed by atoms with Crippen LogP contribution in [-0.2, 0) is 16.0 Å². The summed E-state index contributed by atoms with van der Waals surface area (Å²) in [5.74, 6) is -1.18. The van der Waals surface area contributed by atoms with Crippen LogP contribution in [0.3, 0.4) is 0 Å². The van der Waals surface area contributed by atoms with E-state index in [0.717, 1.165) is 5.69 Å². The van der Waals surface area contributed by atoms with Gasteiger partial charge >= 0.3 is 5.97 Å². The fourth-order valence-corrected chi connectivity index (χ4v) is 1.62. The van der Waals surface area contributed by atoms with Gasteiger partial charge in [0.25, 0.3) is 0 Å². The molecule has 0 aromatic carbocycles. The molecule has 0 aliphatic rings. The van der Waals surface area contributed by atoms with Crippen LogP contribution in [0.1, 0.15) is 18.5 Å². The number of amides is 1. The molecule has 1 heterocycles. The zero-order valence-corrected chi connectivity index (χ0v) is 11.0. The normalized spacial score (nSPS) is 11.9. The van der Waals surface area contributed by atoms with Crippen LogP contribution in [0.5, 0.6) is 0 Å². The summed E-state index contributed by atoms with van der Waals surface area (Å²) in [7, 11) is 1.66. The summed E-state index contributed by atoms with van der Waals surface area (Å²) in [5, 5.41) is 8.55. The highest BCUT2D eigenvalue weighted by atomic mass is 16.4. The minimum absolute atomic E-state index is 0.0962. The number of likely N-dealkylation sites (N-methyl/N-ethyl adjacent to an activating group) is 1. The van der Waals surface area contributed by atoms with Gasteiger partial charge in [-0.2, -0.15) is 0 Å². The van der Waals surface area contributed by atoms with Gasteiger partial charge in [0.2, 0.25) is 5.91 Å². The van der Waals surface area contributed by atoms with Gasteiger partial charge in [-0.1, -0.05) is 6.07 Å². The third-order valence-corrected chi connectivity index (χ3v) is 2.79. The van der Waals surface area contributed by atoms with Crippen molar-refractivity contribution in [3.05, 3.63) is 30.1 Å². The smallest absolute Gasteiger partial charge is 0.303 e. The average molecular weight is 265 g/mol. The summed E-state index contributed by atoms with van der Waals surface area (Å²) in [5.41, 5.74) is 6.57. The number of carboxylic acid groups (broad SMARTS) is 1. The number of hydrogen-bond acceptors (Lipinski definition) is 4. The second-order valence-electron chi connectivity index (χ2n) is 4.37. The molecule has 3 N–H and O–H groups in total. The molecule has 0 fully saturated rings. The predicted molar refractivity (Wildman–Crippen MR) is 70.4 cm³/mol. The Morgan fingerprint density at radius 2 is 2.21 bits per heavy atom. The van der Waals surface area contributed by atoms with Gasteiger partial charge in [-0.25, -0.2) is 0 Å². The third kappa shape index (κ3) is 5.48. The monoisotopic (exact) mass is 265 g/mol. The molecular weight excluding hydrogens is 246 g/mol. The molecule has 0 saturated heterocycles. The van der Waals surface area contributed by atoms with E-state index in [1.54, 1.807) is 13.2 Å². The van der Waals surface area contributed by atoms with E-state index in [4.69, 9.17) is 10.8 Å². The number of carbonyl (C=O) groups excluding carboxylic acids is 1. The average Bonchev–Trinajstić information content (AvgIpc) is 2.42. The van der Waals surface area contributed by atoms with Gasteiger partial charge in [-0.3, -0.25) is 14.6 Å². The summed E-state index contributed by atoms with van der Waals surface area (Å²) >= 11 is 0. The fraction of sp³-hybridized carbons (Fsp3) is 0.462. The van der Waals surface area contributed by atoms with Gasteiger partial charge in [0, 0.05) is 38.3 Å². The van der Waals surface area contributed by atoms with Crippen molar-refractivity contribution >= 4 is 11.9 Å². The lowest BCUT2D eigenvalue weighted by molar-refractivity contribution is -0.137. The highest BCUT2D eigenvalue weighted by Crippen LogP contribution is 2.01. The Labute approximate surface area is 112 Å². The Morgan fingerprint density at radius 3 is 2.79 bits per heavy atom. The number of carbonyl (C=O) groups is 2. The van der Waals surface area contributed by atoms with Gasteiger partial charge < -0.3 is 15.7 Å². The molecule has 0 aliphatic heterocycles. The molecule has 1 rings (SSSR count). The van der Waals surface area contributed by atoms with E-state index in [-0.39, 0.29) is 18.7 Å². The molecule has 104 valence electrons. The maximum Gasteiger partial charge on any atom is 0.303 e. The standard InChI is InChI=1S/C13H19N3O3/c1-16(9-7-10-4-2-3-8-15-10)13(19)11(14)5-6-12(17)18/h2-4,8,11H,5-7,9,14H2,1H3,(H,17,18).